The summed E-state index contributed by atoms with van der Waals surface area (Å²) < 4.78 is 0. The number of hydrogen-bond acceptors (Lipinski definition) is 2. The maximum atomic E-state index is 10.5. The Hall–Kier alpha value is -0.570. The van der Waals surface area contributed by atoms with Crippen molar-refractivity contribution in [2.24, 2.45) is 5.73 Å². The van der Waals surface area contributed by atoms with Crippen LogP contribution in [-0.4, -0.2) is 17.5 Å². The normalized spacial score (nSPS) is 14.8. The fourth-order valence-corrected chi connectivity index (χ4v) is 0.721. The van der Waals surface area contributed by atoms with Crippen LogP contribution in [0.3, 0.4) is 0 Å². The molecule has 3 heteroatoms. The van der Waals surface area contributed by atoms with Crippen LogP contribution >= 0.6 is 0 Å². The average Bonchev–Trinajstić information content (AvgIpc) is 1.60. The van der Waals surface area contributed by atoms with Gasteiger partial charge < -0.3 is 11.1 Å². The van der Waals surface area contributed by atoms with Gasteiger partial charge in [-0.05, 0) is 27.7 Å². The zero-order valence-electron chi connectivity index (χ0n) is 7.06. The number of carbonyl (C=O) groups excluding carboxylic acids is 1. The van der Waals surface area contributed by atoms with Crippen molar-refractivity contribution in [3.8, 4) is 0 Å². The molecule has 0 aromatic carbocycles. The third-order valence-electron chi connectivity index (χ3n) is 1.08. The van der Waals surface area contributed by atoms with E-state index >= 15 is 0 Å². The minimum atomic E-state index is -0.310. The second kappa shape index (κ2) is 3.01. The molecular weight excluding hydrogens is 128 g/mol. The molecule has 0 radical (unpaired) electrons. The topological polar surface area (TPSA) is 55.1 Å². The third-order valence-corrected chi connectivity index (χ3v) is 1.08. The summed E-state index contributed by atoms with van der Waals surface area (Å²) >= 11 is 0. The first-order valence-electron chi connectivity index (χ1n) is 3.40. The molecule has 0 aromatic heterocycles. The highest BCUT2D eigenvalue weighted by Gasteiger charge is 2.16. The van der Waals surface area contributed by atoms with Crippen LogP contribution in [-0.2, 0) is 4.79 Å². The number of hydrogen-bond donors (Lipinski definition) is 2. The molecule has 1 atom stereocenters. The standard InChI is InChI=1S/C7H16N2O/c1-5(6(8)10)9-7(2,3)4/h5,9H,1-4H3,(H2,8,10). The van der Waals surface area contributed by atoms with Crippen molar-refractivity contribution in [2.75, 3.05) is 0 Å². The van der Waals surface area contributed by atoms with Crippen molar-refractivity contribution < 1.29 is 4.79 Å². The largest absolute Gasteiger partial charge is 0.368 e. The van der Waals surface area contributed by atoms with Gasteiger partial charge in [-0.1, -0.05) is 0 Å². The van der Waals surface area contributed by atoms with Gasteiger partial charge in [0, 0.05) is 5.54 Å². The van der Waals surface area contributed by atoms with E-state index in [1.807, 2.05) is 20.8 Å². The lowest BCUT2D eigenvalue weighted by atomic mass is 10.1. The van der Waals surface area contributed by atoms with E-state index in [2.05, 4.69) is 5.32 Å². The molecule has 3 N–H and O–H groups in total. The van der Waals surface area contributed by atoms with Gasteiger partial charge in [0.2, 0.25) is 5.91 Å². The minimum Gasteiger partial charge on any atom is -0.368 e. The highest BCUT2D eigenvalue weighted by Crippen LogP contribution is 1.99. The summed E-state index contributed by atoms with van der Waals surface area (Å²) in [6.45, 7) is 7.74. The van der Waals surface area contributed by atoms with Crippen molar-refractivity contribution in [3.05, 3.63) is 0 Å². The summed E-state index contributed by atoms with van der Waals surface area (Å²) in [6, 6.07) is -0.250. The predicted octanol–water partition coefficient (Wildman–Crippen LogP) is 0.248. The fourth-order valence-electron chi connectivity index (χ4n) is 0.721. The third kappa shape index (κ3) is 4.32. The highest BCUT2D eigenvalue weighted by atomic mass is 16.1. The molecule has 0 aromatic rings. The molecule has 0 saturated heterocycles. The van der Waals surface area contributed by atoms with Crippen LogP contribution in [0, 0.1) is 0 Å². The molecule has 1 unspecified atom stereocenters. The van der Waals surface area contributed by atoms with Gasteiger partial charge in [-0.25, -0.2) is 0 Å². The molecule has 0 rings (SSSR count). The summed E-state index contributed by atoms with van der Waals surface area (Å²) in [6.07, 6.45) is 0. The van der Waals surface area contributed by atoms with Crippen LogP contribution in [0.4, 0.5) is 0 Å². The van der Waals surface area contributed by atoms with Crippen LogP contribution in [0.25, 0.3) is 0 Å². The molecule has 3 nitrogen and oxygen atoms in total. The Morgan fingerprint density at radius 3 is 2.00 bits per heavy atom. The van der Waals surface area contributed by atoms with E-state index in [-0.39, 0.29) is 17.5 Å². The highest BCUT2D eigenvalue weighted by molar-refractivity contribution is 5.79. The number of carbonyl (C=O) groups is 1. The van der Waals surface area contributed by atoms with Crippen LogP contribution in [0.2, 0.25) is 0 Å². The molecule has 0 heterocycles. The molecule has 0 fully saturated rings. The molecule has 0 bridgehead atoms. The quantitative estimate of drug-likeness (QED) is 0.583. The van der Waals surface area contributed by atoms with Gasteiger partial charge in [-0.15, -0.1) is 0 Å². The van der Waals surface area contributed by atoms with Crippen LogP contribution < -0.4 is 11.1 Å². The summed E-state index contributed by atoms with van der Waals surface area (Å²) in [5, 5.41) is 3.04. The molecule has 0 aliphatic carbocycles. The Morgan fingerprint density at radius 2 is 1.90 bits per heavy atom. The molecule has 0 aliphatic rings. The van der Waals surface area contributed by atoms with Crippen molar-refractivity contribution in [1.82, 2.24) is 5.32 Å². The number of nitrogens with two attached hydrogens (primary N) is 1. The Bertz CT molecular complexity index is 126. The summed E-state index contributed by atoms with van der Waals surface area (Å²) in [7, 11) is 0. The minimum absolute atomic E-state index is 0.0472. The first kappa shape index (κ1) is 9.43. The summed E-state index contributed by atoms with van der Waals surface area (Å²) in [4.78, 5) is 10.5. The molecule has 0 spiro atoms. The number of nitrogens with one attached hydrogen (secondary N) is 1. The van der Waals surface area contributed by atoms with E-state index in [0.717, 1.165) is 0 Å². The van der Waals surface area contributed by atoms with Crippen LogP contribution in [0.5, 0.6) is 0 Å². The van der Waals surface area contributed by atoms with Gasteiger partial charge in [0.25, 0.3) is 0 Å². The number of primary amides is 1. The second-order valence-electron chi connectivity index (χ2n) is 3.52. The van der Waals surface area contributed by atoms with Crippen molar-refractivity contribution >= 4 is 5.91 Å². The van der Waals surface area contributed by atoms with E-state index in [1.165, 1.54) is 0 Å². The van der Waals surface area contributed by atoms with Gasteiger partial charge >= 0.3 is 0 Å². The lowest BCUT2D eigenvalue weighted by Crippen LogP contribution is -2.48. The second-order valence-corrected chi connectivity index (χ2v) is 3.52. The van der Waals surface area contributed by atoms with E-state index in [0.29, 0.717) is 0 Å². The monoisotopic (exact) mass is 144 g/mol. The lowest BCUT2D eigenvalue weighted by Gasteiger charge is -2.23. The maximum absolute atomic E-state index is 10.5. The molecule has 0 saturated carbocycles. The zero-order chi connectivity index (χ0) is 8.36. The van der Waals surface area contributed by atoms with Crippen molar-refractivity contribution in [1.29, 1.82) is 0 Å². The Balaban J connectivity index is 3.80. The van der Waals surface area contributed by atoms with Crippen LogP contribution in [0.15, 0.2) is 0 Å². The lowest BCUT2D eigenvalue weighted by molar-refractivity contribution is -0.120. The molecular formula is C7H16N2O. The van der Waals surface area contributed by atoms with Gasteiger partial charge in [-0.2, -0.15) is 0 Å². The van der Waals surface area contributed by atoms with E-state index in [4.69, 9.17) is 5.73 Å². The molecule has 1 amide bonds. The fraction of sp³-hybridized carbons (Fsp3) is 0.857. The first-order valence-corrected chi connectivity index (χ1v) is 3.40. The number of rotatable bonds is 2. The molecule has 0 aliphatic heterocycles. The summed E-state index contributed by atoms with van der Waals surface area (Å²) in [5.41, 5.74) is 4.99. The molecule has 60 valence electrons. The first-order chi connectivity index (χ1) is 4.33. The van der Waals surface area contributed by atoms with Crippen LogP contribution in [0.1, 0.15) is 27.7 Å². The average molecular weight is 144 g/mol. The number of amides is 1. The van der Waals surface area contributed by atoms with Gasteiger partial charge in [-0.3, -0.25) is 4.79 Å². The predicted molar refractivity (Wildman–Crippen MR) is 41.5 cm³/mol. The van der Waals surface area contributed by atoms with E-state index < -0.39 is 0 Å². The van der Waals surface area contributed by atoms with E-state index in [9.17, 15) is 4.79 Å². The van der Waals surface area contributed by atoms with Crippen molar-refractivity contribution in [2.45, 2.75) is 39.3 Å². The summed E-state index contributed by atoms with van der Waals surface area (Å²) in [5.74, 6) is -0.310. The van der Waals surface area contributed by atoms with Gasteiger partial charge in [0.15, 0.2) is 0 Å². The zero-order valence-corrected chi connectivity index (χ0v) is 7.06. The Morgan fingerprint density at radius 1 is 1.50 bits per heavy atom. The maximum Gasteiger partial charge on any atom is 0.234 e. The smallest absolute Gasteiger partial charge is 0.234 e. The van der Waals surface area contributed by atoms with E-state index in [1.54, 1.807) is 6.92 Å². The Kier molecular flexibility index (Phi) is 2.84. The van der Waals surface area contributed by atoms with Gasteiger partial charge in [0.1, 0.15) is 0 Å². The molecule has 10 heavy (non-hydrogen) atoms. The SMILES string of the molecule is CC(NC(C)(C)C)C(N)=O. The van der Waals surface area contributed by atoms with Gasteiger partial charge in [0.05, 0.1) is 6.04 Å². The Labute approximate surface area is 62.0 Å². The van der Waals surface area contributed by atoms with Crippen molar-refractivity contribution in [3.63, 3.8) is 0 Å².